The lowest BCUT2D eigenvalue weighted by Gasteiger charge is -2.24. The Bertz CT molecular complexity index is 200. The van der Waals surface area contributed by atoms with E-state index < -0.39 is 23.1 Å². The molecule has 0 bridgehead atoms. The van der Waals surface area contributed by atoms with E-state index in [-0.39, 0.29) is 0 Å². The summed E-state index contributed by atoms with van der Waals surface area (Å²) >= 11 is 9.21. The third-order valence-electron chi connectivity index (χ3n) is 1.02. The van der Waals surface area contributed by atoms with Gasteiger partial charge in [0.25, 0.3) is 0 Å². The Morgan fingerprint density at radius 2 is 1.85 bits per heavy atom. The quantitative estimate of drug-likeness (QED) is 0.426. The topological polar surface area (TPSA) is 26.3 Å². The van der Waals surface area contributed by atoms with Gasteiger partial charge in [0.05, 0.1) is 0 Å². The average Bonchev–Trinajstić information content (AvgIpc) is 2.03. The number of rotatable bonds is 4. The van der Waals surface area contributed by atoms with Crippen molar-refractivity contribution in [2.24, 2.45) is 0 Å². The van der Waals surface area contributed by atoms with Crippen LogP contribution in [0.4, 0.5) is 13.2 Å². The summed E-state index contributed by atoms with van der Waals surface area (Å²) in [5, 5.41) is 0. The largest absolute Gasteiger partial charge is 0.416 e. The van der Waals surface area contributed by atoms with Gasteiger partial charge < -0.3 is 4.74 Å². The molecule has 0 aromatic heterocycles. The number of carbonyl (C=O) groups excluding carboxylic acids is 1. The van der Waals surface area contributed by atoms with Gasteiger partial charge in [-0.05, 0) is 0 Å². The van der Waals surface area contributed by atoms with Crippen LogP contribution in [0.3, 0.4) is 0 Å². The number of hydrogen-bond donors (Lipinski definition) is 0. The minimum absolute atomic E-state index is 0.521. The Hall–Kier alpha value is -0.420. The molecule has 0 amide bonds. The Morgan fingerprint density at radius 1 is 1.46 bits per heavy atom. The highest BCUT2D eigenvalue weighted by molar-refractivity contribution is 6.23. The highest BCUT2D eigenvalue weighted by Gasteiger charge is 2.50. The molecule has 2 atom stereocenters. The Labute approximate surface area is 82.3 Å². The Balaban J connectivity index is 4.60. The molecule has 7 heteroatoms. The fraction of sp³-hybridized carbons (Fsp3) is 0.500. The zero-order valence-electron chi connectivity index (χ0n) is 6.15. The van der Waals surface area contributed by atoms with E-state index in [0.717, 1.165) is 0 Å². The van der Waals surface area contributed by atoms with E-state index in [0.29, 0.717) is 6.08 Å². The van der Waals surface area contributed by atoms with Crippen molar-refractivity contribution in [3.63, 3.8) is 0 Å². The molecule has 13 heavy (non-hydrogen) atoms. The number of halogens is 5. The summed E-state index contributed by atoms with van der Waals surface area (Å²) in [5.74, 6) is -5.07. The van der Waals surface area contributed by atoms with Gasteiger partial charge in [-0.15, -0.1) is 0 Å². The second kappa shape index (κ2) is 4.72. The molecule has 0 aromatic carbocycles. The molecule has 2 nitrogen and oxygen atoms in total. The molecular weight excluding hydrogens is 232 g/mol. The molecule has 0 aliphatic rings. The highest BCUT2D eigenvalue weighted by atomic mass is 35.5. The second-order valence-corrected chi connectivity index (χ2v) is 2.69. The van der Waals surface area contributed by atoms with E-state index in [1.807, 2.05) is 0 Å². The molecule has 0 aromatic rings. The lowest BCUT2D eigenvalue weighted by atomic mass is 10.3. The van der Waals surface area contributed by atoms with Gasteiger partial charge in [-0.2, -0.15) is 4.39 Å². The number of ether oxygens (including phenoxy) is 1. The van der Waals surface area contributed by atoms with E-state index >= 15 is 0 Å². The first-order valence-electron chi connectivity index (χ1n) is 2.95. The molecular formula is C6H5Cl2F3O2. The van der Waals surface area contributed by atoms with Crippen molar-refractivity contribution < 1.29 is 22.7 Å². The van der Waals surface area contributed by atoms with Crippen molar-refractivity contribution in [3.05, 3.63) is 12.7 Å². The van der Waals surface area contributed by atoms with Crippen molar-refractivity contribution in [1.82, 2.24) is 0 Å². The molecule has 0 heterocycles. The van der Waals surface area contributed by atoms with Crippen molar-refractivity contribution >= 4 is 29.2 Å². The highest BCUT2D eigenvalue weighted by Crippen LogP contribution is 2.32. The molecule has 0 radical (unpaired) electrons. The van der Waals surface area contributed by atoms with Crippen molar-refractivity contribution in [3.8, 4) is 0 Å². The normalized spacial score (nSPS) is 19.8. The summed E-state index contributed by atoms with van der Waals surface area (Å²) in [6.07, 6.45) is 0.521. The third-order valence-corrected chi connectivity index (χ3v) is 1.61. The molecule has 0 aliphatic heterocycles. The fourth-order valence-corrected chi connectivity index (χ4v) is 0.755. The molecule has 0 saturated carbocycles. The predicted molar refractivity (Wildman–Crippen MR) is 41.6 cm³/mol. The first kappa shape index (κ1) is 12.6. The zero-order valence-corrected chi connectivity index (χ0v) is 7.66. The SMILES string of the molecule is C=CC(=O)OC(F)(C(F)Cl)C(F)Cl. The zero-order chi connectivity index (χ0) is 10.6. The molecule has 0 rings (SSSR count). The van der Waals surface area contributed by atoms with Crippen LogP contribution in [0.25, 0.3) is 0 Å². The van der Waals surface area contributed by atoms with Gasteiger partial charge in [-0.25, -0.2) is 13.6 Å². The van der Waals surface area contributed by atoms with Gasteiger partial charge in [-0.1, -0.05) is 29.8 Å². The van der Waals surface area contributed by atoms with Crippen LogP contribution in [0.15, 0.2) is 12.7 Å². The lowest BCUT2D eigenvalue weighted by Crippen LogP contribution is -2.43. The first-order chi connectivity index (χ1) is 5.84. The molecule has 0 N–H and O–H groups in total. The van der Waals surface area contributed by atoms with Gasteiger partial charge in [0.1, 0.15) is 0 Å². The van der Waals surface area contributed by atoms with Gasteiger partial charge in [0, 0.05) is 6.08 Å². The van der Waals surface area contributed by atoms with Crippen molar-refractivity contribution in [2.45, 2.75) is 17.1 Å². The van der Waals surface area contributed by atoms with Crippen LogP contribution in [0, 0.1) is 0 Å². The van der Waals surface area contributed by atoms with Crippen LogP contribution in [0.1, 0.15) is 0 Å². The minimum Gasteiger partial charge on any atom is -0.416 e. The number of hydrogen-bond acceptors (Lipinski definition) is 2. The van der Waals surface area contributed by atoms with Crippen LogP contribution in [-0.2, 0) is 9.53 Å². The van der Waals surface area contributed by atoms with Crippen LogP contribution in [-0.4, -0.2) is 23.1 Å². The molecule has 0 aliphatic carbocycles. The summed E-state index contributed by atoms with van der Waals surface area (Å²) in [6.45, 7) is 2.89. The molecule has 0 saturated heterocycles. The smallest absolute Gasteiger partial charge is 0.340 e. The average molecular weight is 237 g/mol. The van der Waals surface area contributed by atoms with Gasteiger partial charge >= 0.3 is 11.8 Å². The first-order valence-corrected chi connectivity index (χ1v) is 3.82. The standard InChI is InChI=1S/C6H5Cl2F3O2/c1-2-3(12)13-6(11,4(7)9)5(8)10/h2,4-5H,1H2. The third kappa shape index (κ3) is 3.08. The summed E-state index contributed by atoms with van der Waals surface area (Å²) in [6, 6.07) is 0. The number of alkyl halides is 5. The van der Waals surface area contributed by atoms with Crippen molar-refractivity contribution in [1.29, 1.82) is 0 Å². The minimum atomic E-state index is -3.70. The lowest BCUT2D eigenvalue weighted by molar-refractivity contribution is -0.196. The van der Waals surface area contributed by atoms with Crippen LogP contribution in [0.2, 0.25) is 0 Å². The van der Waals surface area contributed by atoms with Crippen LogP contribution < -0.4 is 0 Å². The molecule has 76 valence electrons. The maximum Gasteiger partial charge on any atom is 0.340 e. The van der Waals surface area contributed by atoms with Crippen LogP contribution >= 0.6 is 23.2 Å². The fourth-order valence-electron chi connectivity index (χ4n) is 0.380. The van der Waals surface area contributed by atoms with E-state index in [4.69, 9.17) is 0 Å². The molecule has 2 unspecified atom stereocenters. The van der Waals surface area contributed by atoms with Gasteiger partial charge in [0.15, 0.2) is 0 Å². The van der Waals surface area contributed by atoms with Gasteiger partial charge in [0.2, 0.25) is 11.3 Å². The maximum atomic E-state index is 13.0. The Kier molecular flexibility index (Phi) is 4.56. The summed E-state index contributed by atoms with van der Waals surface area (Å²) in [4.78, 5) is 10.4. The van der Waals surface area contributed by atoms with E-state index in [1.165, 1.54) is 0 Å². The number of carbonyl (C=O) groups is 1. The van der Waals surface area contributed by atoms with E-state index in [1.54, 1.807) is 0 Å². The predicted octanol–water partition coefficient (Wildman–Crippen LogP) is 2.45. The number of esters is 1. The maximum absolute atomic E-state index is 13.0. The molecule has 0 fully saturated rings. The summed E-state index contributed by atoms with van der Waals surface area (Å²) < 4.78 is 41.1. The summed E-state index contributed by atoms with van der Waals surface area (Å²) in [5.41, 5.74) is -5.80. The van der Waals surface area contributed by atoms with Crippen LogP contribution in [0.5, 0.6) is 0 Å². The van der Waals surface area contributed by atoms with Crippen molar-refractivity contribution in [2.75, 3.05) is 0 Å². The summed E-state index contributed by atoms with van der Waals surface area (Å²) in [7, 11) is 0. The second-order valence-electron chi connectivity index (χ2n) is 1.92. The monoisotopic (exact) mass is 236 g/mol. The molecule has 0 spiro atoms. The van der Waals surface area contributed by atoms with E-state index in [9.17, 15) is 18.0 Å². The van der Waals surface area contributed by atoms with Gasteiger partial charge in [-0.3, -0.25) is 0 Å². The Morgan fingerprint density at radius 3 is 2.08 bits per heavy atom. The van der Waals surface area contributed by atoms with E-state index in [2.05, 4.69) is 34.5 Å².